The van der Waals surface area contributed by atoms with Crippen molar-refractivity contribution in [2.75, 3.05) is 19.8 Å². The molecular weight excluding hydrogens is 472 g/mol. The van der Waals surface area contributed by atoms with Crippen molar-refractivity contribution >= 4 is 18.2 Å². The Labute approximate surface area is 151 Å². The minimum atomic E-state index is -0.748. The Kier molecular flexibility index (Phi) is 9.18. The van der Waals surface area contributed by atoms with Crippen molar-refractivity contribution in [1.29, 1.82) is 0 Å². The van der Waals surface area contributed by atoms with Crippen LogP contribution < -0.4 is 0 Å². The molecule has 0 aliphatic carbocycles. The molecule has 23 heavy (non-hydrogen) atoms. The number of rotatable bonds is 6. The fraction of sp³-hybridized carbons (Fsp3) is 0.800. The third-order valence-corrected chi connectivity index (χ3v) is 3.85. The quantitative estimate of drug-likeness (QED) is 0.520. The molecule has 1 heterocycles. The molecule has 0 aromatic carbocycles. The molecule has 0 aromatic rings. The minimum absolute atomic E-state index is 0. The van der Waals surface area contributed by atoms with E-state index in [1.807, 2.05) is 27.7 Å². The first-order valence-corrected chi connectivity index (χ1v) is 7.45. The van der Waals surface area contributed by atoms with E-state index in [9.17, 15) is 14.4 Å². The summed E-state index contributed by atoms with van der Waals surface area (Å²) in [5.74, 6) is -1.87. The summed E-state index contributed by atoms with van der Waals surface area (Å²) >= 11 is 0. The molecule has 1 saturated heterocycles. The van der Waals surface area contributed by atoms with Crippen LogP contribution in [0.3, 0.4) is 0 Å². The van der Waals surface area contributed by atoms with Gasteiger partial charge >= 0.3 is 0 Å². The van der Waals surface area contributed by atoms with Gasteiger partial charge in [-0.05, 0) is 11.8 Å². The van der Waals surface area contributed by atoms with Crippen LogP contribution in [0.2, 0.25) is 0 Å². The van der Waals surface area contributed by atoms with E-state index in [4.69, 9.17) is 15.2 Å². The van der Waals surface area contributed by atoms with Crippen LogP contribution in [0.5, 0.6) is 0 Å². The molecule has 3 amide bonds. The first-order chi connectivity index (χ1) is 10.2. The van der Waals surface area contributed by atoms with Gasteiger partial charge < -0.3 is 20.0 Å². The molecule has 1 fully saturated rings. The van der Waals surface area contributed by atoms with Gasteiger partial charge in [-0.2, -0.15) is 0 Å². The zero-order chi connectivity index (χ0) is 16.9. The van der Waals surface area contributed by atoms with E-state index in [0.717, 1.165) is 4.90 Å². The van der Waals surface area contributed by atoms with E-state index >= 15 is 0 Å². The molecule has 0 radical (unpaired) electrons. The SMILES string of the molecule is CCC(C(=O)N(C=O)CC1OCC(C([NH-])=O)CO1)C(C)(C)C.[W]. The predicted octanol–water partition coefficient (Wildman–Crippen LogP) is 1.61. The second kappa shape index (κ2) is 9.50. The van der Waals surface area contributed by atoms with Gasteiger partial charge in [-0.15, -0.1) is 0 Å². The van der Waals surface area contributed by atoms with Crippen molar-refractivity contribution in [1.82, 2.24) is 4.90 Å². The van der Waals surface area contributed by atoms with E-state index in [0.29, 0.717) is 12.8 Å². The number of hydrogen-bond donors (Lipinski definition) is 0. The largest absolute Gasteiger partial charge is 0.667 e. The summed E-state index contributed by atoms with van der Waals surface area (Å²) in [6.45, 7) is 7.93. The van der Waals surface area contributed by atoms with Crippen LogP contribution in [0.15, 0.2) is 0 Å². The number of ether oxygens (including phenoxy) is 2. The van der Waals surface area contributed by atoms with Gasteiger partial charge in [0.2, 0.25) is 12.3 Å². The van der Waals surface area contributed by atoms with Crippen LogP contribution in [0.4, 0.5) is 0 Å². The summed E-state index contributed by atoms with van der Waals surface area (Å²) < 4.78 is 10.6. The fourth-order valence-electron chi connectivity index (χ4n) is 2.50. The Balaban J connectivity index is 0.00000484. The second-order valence-corrected chi connectivity index (χ2v) is 6.58. The topological polar surface area (TPSA) is 96.7 Å². The molecule has 8 heteroatoms. The maximum Gasteiger partial charge on any atom is 0.232 e. The van der Waals surface area contributed by atoms with Crippen molar-refractivity contribution in [3.63, 3.8) is 0 Å². The number of nitrogens with one attached hydrogen (secondary N) is 1. The first-order valence-electron chi connectivity index (χ1n) is 7.45. The Bertz CT molecular complexity index is 417. The van der Waals surface area contributed by atoms with Crippen LogP contribution in [0.1, 0.15) is 34.1 Å². The van der Waals surface area contributed by atoms with Gasteiger partial charge in [-0.25, -0.2) is 0 Å². The van der Waals surface area contributed by atoms with Crippen molar-refractivity contribution in [3.05, 3.63) is 5.73 Å². The molecule has 0 spiro atoms. The van der Waals surface area contributed by atoms with Gasteiger partial charge in [0.1, 0.15) is 0 Å². The Hall–Kier alpha value is -0.782. The molecule has 1 atom stereocenters. The van der Waals surface area contributed by atoms with E-state index < -0.39 is 18.1 Å². The monoisotopic (exact) mass is 497 g/mol. The summed E-state index contributed by atoms with van der Waals surface area (Å²) in [7, 11) is 0. The van der Waals surface area contributed by atoms with E-state index in [-0.39, 0.29) is 58.1 Å². The van der Waals surface area contributed by atoms with E-state index in [1.165, 1.54) is 0 Å². The maximum absolute atomic E-state index is 12.5. The number of imide groups is 1. The smallest absolute Gasteiger partial charge is 0.232 e. The van der Waals surface area contributed by atoms with E-state index in [1.54, 1.807) is 0 Å². The van der Waals surface area contributed by atoms with Gasteiger partial charge in [0, 0.05) is 32.9 Å². The standard InChI is InChI=1S/C15H26N2O5.W/c1-5-11(15(2,3)4)14(20)17(9-18)6-12-21-7-10(8-22-12)13(16)19;/h9-12H,5-8H2,1-4H3,(H2,16,19);/p-1. The summed E-state index contributed by atoms with van der Waals surface area (Å²) in [6.07, 6.45) is 0.377. The van der Waals surface area contributed by atoms with Crippen LogP contribution in [0.25, 0.3) is 5.73 Å². The number of amides is 3. The molecule has 1 aliphatic heterocycles. The molecule has 1 aliphatic rings. The maximum atomic E-state index is 12.5. The fourth-order valence-corrected chi connectivity index (χ4v) is 2.50. The first kappa shape index (κ1) is 22.2. The van der Waals surface area contributed by atoms with Crippen molar-refractivity contribution in [2.45, 2.75) is 40.4 Å². The molecule has 0 bridgehead atoms. The Morgan fingerprint density at radius 1 is 1.30 bits per heavy atom. The van der Waals surface area contributed by atoms with Crippen LogP contribution in [-0.4, -0.2) is 49.2 Å². The van der Waals surface area contributed by atoms with Gasteiger partial charge in [-0.1, -0.05) is 27.7 Å². The van der Waals surface area contributed by atoms with E-state index in [2.05, 4.69) is 0 Å². The number of hydrogen-bond acceptors (Lipinski definition) is 5. The molecule has 1 unspecified atom stereocenters. The van der Waals surface area contributed by atoms with Gasteiger partial charge in [0.25, 0.3) is 0 Å². The molecule has 0 saturated carbocycles. The minimum Gasteiger partial charge on any atom is -0.667 e. The Morgan fingerprint density at radius 2 is 1.83 bits per heavy atom. The number of carbonyl (C=O) groups excluding carboxylic acids is 3. The zero-order valence-corrected chi connectivity index (χ0v) is 17.0. The molecule has 132 valence electrons. The third kappa shape index (κ3) is 6.32. The van der Waals surface area contributed by atoms with Crippen molar-refractivity contribution < 1.29 is 44.9 Å². The molecule has 1 N–H and O–H groups in total. The zero-order valence-electron chi connectivity index (χ0n) is 14.0. The van der Waals surface area contributed by atoms with Gasteiger partial charge in [-0.3, -0.25) is 14.5 Å². The molecule has 0 aromatic heterocycles. The molecular formula is C15H25N2O5W-. The molecule has 1 rings (SSSR count). The molecule has 7 nitrogen and oxygen atoms in total. The average molecular weight is 497 g/mol. The van der Waals surface area contributed by atoms with Crippen molar-refractivity contribution in [2.24, 2.45) is 17.3 Å². The van der Waals surface area contributed by atoms with Gasteiger partial charge in [0.15, 0.2) is 6.29 Å². The third-order valence-electron chi connectivity index (χ3n) is 3.85. The van der Waals surface area contributed by atoms with Crippen LogP contribution >= 0.6 is 0 Å². The van der Waals surface area contributed by atoms with Crippen molar-refractivity contribution in [3.8, 4) is 0 Å². The summed E-state index contributed by atoms with van der Waals surface area (Å²) in [6, 6.07) is 0. The summed E-state index contributed by atoms with van der Waals surface area (Å²) in [5, 5.41) is 0. The average Bonchev–Trinajstić information content (AvgIpc) is 2.44. The van der Waals surface area contributed by atoms with Gasteiger partial charge in [0.05, 0.1) is 25.7 Å². The van der Waals surface area contributed by atoms with Crippen LogP contribution in [0, 0.1) is 17.3 Å². The predicted molar refractivity (Wildman–Crippen MR) is 79.5 cm³/mol. The second-order valence-electron chi connectivity index (χ2n) is 6.58. The number of carbonyl (C=O) groups is 3. The Morgan fingerprint density at radius 3 is 2.17 bits per heavy atom. The summed E-state index contributed by atoms with van der Waals surface area (Å²) in [4.78, 5) is 35.7. The normalized spacial score (nSPS) is 22.6. The number of nitrogens with zero attached hydrogens (tertiary/aromatic N) is 1. The van der Waals surface area contributed by atoms with Crippen LogP contribution in [-0.2, 0) is 44.9 Å². The summed E-state index contributed by atoms with van der Waals surface area (Å²) in [5.41, 5.74) is 6.77.